The zero-order valence-corrected chi connectivity index (χ0v) is 11.4. The van der Waals surface area contributed by atoms with Gasteiger partial charge in [0, 0.05) is 18.7 Å². The molecule has 0 aliphatic carbocycles. The van der Waals surface area contributed by atoms with Crippen molar-refractivity contribution in [3.05, 3.63) is 29.8 Å². The number of nitrogens with zero attached hydrogens (tertiary/aromatic N) is 1. The molecule has 1 saturated heterocycles. The Balaban J connectivity index is 1.72. The van der Waals surface area contributed by atoms with Gasteiger partial charge in [-0.25, -0.2) is 0 Å². The van der Waals surface area contributed by atoms with Crippen molar-refractivity contribution in [3.63, 3.8) is 0 Å². The van der Waals surface area contributed by atoms with Gasteiger partial charge in [-0.3, -0.25) is 4.79 Å². The van der Waals surface area contributed by atoms with Crippen molar-refractivity contribution in [1.82, 2.24) is 4.90 Å². The summed E-state index contributed by atoms with van der Waals surface area (Å²) >= 11 is 0. The molecule has 1 fully saturated rings. The van der Waals surface area contributed by atoms with E-state index in [1.165, 1.54) is 5.56 Å². The molecule has 4 heteroatoms. The second-order valence-corrected chi connectivity index (χ2v) is 5.54. The topological polar surface area (TPSA) is 41.6 Å². The number of benzene rings is 1. The molecule has 4 nitrogen and oxygen atoms in total. The molecule has 3 atom stereocenters. The van der Waals surface area contributed by atoms with Gasteiger partial charge in [0.05, 0.1) is 18.8 Å². The molecule has 2 aliphatic rings. The number of fused-ring (bicyclic) bond motifs is 1. The molecule has 0 saturated carbocycles. The number of anilines is 1. The van der Waals surface area contributed by atoms with Gasteiger partial charge in [0.25, 0.3) is 0 Å². The van der Waals surface area contributed by atoms with Crippen LogP contribution in [0.15, 0.2) is 24.3 Å². The molecule has 0 aromatic heterocycles. The highest BCUT2D eigenvalue weighted by atomic mass is 16.5. The van der Waals surface area contributed by atoms with E-state index in [1.54, 1.807) is 0 Å². The largest absolute Gasteiger partial charge is 0.375 e. The van der Waals surface area contributed by atoms with Crippen molar-refractivity contribution in [2.24, 2.45) is 0 Å². The maximum atomic E-state index is 12.6. The van der Waals surface area contributed by atoms with Gasteiger partial charge in [-0.1, -0.05) is 18.2 Å². The van der Waals surface area contributed by atoms with Crippen LogP contribution in [0, 0.1) is 0 Å². The maximum Gasteiger partial charge on any atom is 0.245 e. The first-order valence-electron chi connectivity index (χ1n) is 6.91. The van der Waals surface area contributed by atoms with E-state index in [4.69, 9.17) is 4.74 Å². The highest BCUT2D eigenvalue weighted by Crippen LogP contribution is 2.27. The second-order valence-electron chi connectivity index (χ2n) is 5.54. The van der Waals surface area contributed by atoms with E-state index in [2.05, 4.69) is 11.4 Å². The van der Waals surface area contributed by atoms with Gasteiger partial charge in [-0.2, -0.15) is 0 Å². The Bertz CT molecular complexity index is 464. The summed E-state index contributed by atoms with van der Waals surface area (Å²) in [6, 6.07) is 8.18. The average molecular weight is 260 g/mol. The van der Waals surface area contributed by atoms with E-state index in [1.807, 2.05) is 36.9 Å². The molecule has 2 unspecified atom stereocenters. The number of para-hydroxylation sites is 1. The zero-order chi connectivity index (χ0) is 13.4. The molecular weight excluding hydrogens is 240 g/mol. The summed E-state index contributed by atoms with van der Waals surface area (Å²) in [6.07, 6.45) is 0.914. The highest BCUT2D eigenvalue weighted by molar-refractivity contribution is 5.87. The third kappa shape index (κ3) is 2.32. The molecule has 102 valence electrons. The smallest absolute Gasteiger partial charge is 0.245 e. The third-order valence-electron chi connectivity index (χ3n) is 3.96. The quantitative estimate of drug-likeness (QED) is 0.835. The number of carbonyl (C=O) groups is 1. The normalized spacial score (nSPS) is 29.8. The molecule has 0 radical (unpaired) electrons. The number of carbonyl (C=O) groups excluding carboxylic acids is 1. The first kappa shape index (κ1) is 12.5. The van der Waals surface area contributed by atoms with Crippen LogP contribution in [0.2, 0.25) is 0 Å². The van der Waals surface area contributed by atoms with Crippen LogP contribution in [0.3, 0.4) is 0 Å². The second kappa shape index (κ2) is 4.85. The Morgan fingerprint density at radius 1 is 1.37 bits per heavy atom. The van der Waals surface area contributed by atoms with Crippen LogP contribution in [0.5, 0.6) is 0 Å². The van der Waals surface area contributed by atoms with E-state index in [9.17, 15) is 4.79 Å². The zero-order valence-electron chi connectivity index (χ0n) is 11.4. The van der Waals surface area contributed by atoms with Gasteiger partial charge in [0.1, 0.15) is 6.04 Å². The van der Waals surface area contributed by atoms with Crippen LogP contribution in [0.1, 0.15) is 19.4 Å². The van der Waals surface area contributed by atoms with Gasteiger partial charge >= 0.3 is 0 Å². The van der Waals surface area contributed by atoms with Crippen molar-refractivity contribution in [3.8, 4) is 0 Å². The Labute approximate surface area is 113 Å². The molecular formula is C15H20N2O2. The van der Waals surface area contributed by atoms with Gasteiger partial charge in [0.2, 0.25) is 5.91 Å². The number of ether oxygens (including phenoxy) is 1. The molecule has 2 heterocycles. The van der Waals surface area contributed by atoms with Crippen molar-refractivity contribution in [2.45, 2.75) is 38.5 Å². The highest BCUT2D eigenvalue weighted by Gasteiger charge is 2.34. The first-order valence-corrected chi connectivity index (χ1v) is 6.91. The van der Waals surface area contributed by atoms with E-state index in [-0.39, 0.29) is 24.1 Å². The summed E-state index contributed by atoms with van der Waals surface area (Å²) in [5, 5.41) is 3.33. The van der Waals surface area contributed by atoms with E-state index in [0.29, 0.717) is 13.2 Å². The Hall–Kier alpha value is -1.55. The SMILES string of the molecule is CC1CN(C(=O)[C@@H]2Cc3ccccc3N2)C(C)CO1. The fraction of sp³-hybridized carbons (Fsp3) is 0.533. The van der Waals surface area contributed by atoms with Gasteiger partial charge in [-0.15, -0.1) is 0 Å². The molecule has 1 aromatic carbocycles. The van der Waals surface area contributed by atoms with E-state index in [0.717, 1.165) is 12.1 Å². The molecule has 0 bridgehead atoms. The fourth-order valence-electron chi connectivity index (χ4n) is 2.86. The number of amides is 1. The molecule has 2 aliphatic heterocycles. The van der Waals surface area contributed by atoms with Crippen molar-refractivity contribution in [2.75, 3.05) is 18.5 Å². The van der Waals surface area contributed by atoms with Gasteiger partial charge in [-0.05, 0) is 25.5 Å². The number of rotatable bonds is 1. The predicted molar refractivity (Wildman–Crippen MR) is 74.1 cm³/mol. The number of hydrogen-bond donors (Lipinski definition) is 1. The molecule has 3 rings (SSSR count). The van der Waals surface area contributed by atoms with Gasteiger partial charge < -0.3 is 15.0 Å². The summed E-state index contributed by atoms with van der Waals surface area (Å²) in [4.78, 5) is 14.6. The standard InChI is InChI=1S/C15H20N2O2/c1-10-9-19-11(2)8-17(10)15(18)14-7-12-5-3-4-6-13(12)16-14/h3-6,10-11,14,16H,7-9H2,1-2H3/t10?,11?,14-/m0/s1. The summed E-state index contributed by atoms with van der Waals surface area (Å²) in [5.41, 5.74) is 2.32. The summed E-state index contributed by atoms with van der Waals surface area (Å²) in [6.45, 7) is 5.38. The lowest BCUT2D eigenvalue weighted by atomic mass is 10.1. The lowest BCUT2D eigenvalue weighted by Gasteiger charge is -2.38. The molecule has 1 amide bonds. The van der Waals surface area contributed by atoms with Crippen molar-refractivity contribution in [1.29, 1.82) is 0 Å². The van der Waals surface area contributed by atoms with Crippen LogP contribution in [0.4, 0.5) is 5.69 Å². The van der Waals surface area contributed by atoms with Crippen LogP contribution in [-0.4, -0.2) is 42.1 Å². The summed E-state index contributed by atoms with van der Waals surface area (Å²) in [7, 11) is 0. The van der Waals surface area contributed by atoms with Crippen molar-refractivity contribution < 1.29 is 9.53 Å². The van der Waals surface area contributed by atoms with Crippen LogP contribution >= 0.6 is 0 Å². The van der Waals surface area contributed by atoms with Crippen molar-refractivity contribution >= 4 is 11.6 Å². The minimum Gasteiger partial charge on any atom is -0.375 e. The summed E-state index contributed by atoms with van der Waals surface area (Å²) < 4.78 is 5.58. The van der Waals surface area contributed by atoms with Gasteiger partial charge in [0.15, 0.2) is 0 Å². The number of hydrogen-bond acceptors (Lipinski definition) is 3. The molecule has 1 N–H and O–H groups in total. The summed E-state index contributed by atoms with van der Waals surface area (Å²) in [5.74, 6) is 0.193. The lowest BCUT2D eigenvalue weighted by molar-refractivity contribution is -0.143. The minimum absolute atomic E-state index is 0.120. The first-order chi connectivity index (χ1) is 9.15. The van der Waals surface area contributed by atoms with E-state index >= 15 is 0 Å². The third-order valence-corrected chi connectivity index (χ3v) is 3.96. The van der Waals surface area contributed by atoms with Crippen LogP contribution in [-0.2, 0) is 16.0 Å². The number of morpholine rings is 1. The monoisotopic (exact) mass is 260 g/mol. The van der Waals surface area contributed by atoms with E-state index < -0.39 is 0 Å². The number of nitrogens with one attached hydrogen (secondary N) is 1. The Kier molecular flexibility index (Phi) is 3.19. The Morgan fingerprint density at radius 2 is 2.16 bits per heavy atom. The fourth-order valence-corrected chi connectivity index (χ4v) is 2.86. The van der Waals surface area contributed by atoms with Crippen LogP contribution in [0.25, 0.3) is 0 Å². The molecule has 0 spiro atoms. The lowest BCUT2D eigenvalue weighted by Crippen LogP contribution is -2.54. The molecule has 1 aromatic rings. The minimum atomic E-state index is -0.120. The van der Waals surface area contributed by atoms with Crippen LogP contribution < -0.4 is 5.32 Å². The Morgan fingerprint density at radius 3 is 2.95 bits per heavy atom. The molecule has 19 heavy (non-hydrogen) atoms. The average Bonchev–Trinajstić information content (AvgIpc) is 2.84. The predicted octanol–water partition coefficient (Wildman–Crippen LogP) is 1.66. The maximum absolute atomic E-state index is 12.6.